The number of rotatable bonds is 5. The van der Waals surface area contributed by atoms with Crippen LogP contribution in [0.4, 0.5) is 10.8 Å². The molecule has 1 amide bonds. The highest BCUT2D eigenvalue weighted by molar-refractivity contribution is 7.90. The van der Waals surface area contributed by atoms with E-state index in [4.69, 9.17) is 0 Å². The Morgan fingerprint density at radius 1 is 1.17 bits per heavy atom. The Balaban J connectivity index is 1.87. The number of nitrogens with zero attached hydrogens (tertiary/aromatic N) is 2. The number of carbonyl (C=O) groups excluding carboxylic acids is 1. The second kappa shape index (κ2) is 7.72. The third-order valence-electron chi connectivity index (χ3n) is 4.20. The Labute approximate surface area is 171 Å². The fourth-order valence-electron chi connectivity index (χ4n) is 2.84. The molecular formula is C19H17N3O5S2. The van der Waals surface area contributed by atoms with Crippen LogP contribution in [0.3, 0.4) is 0 Å². The first-order valence-corrected chi connectivity index (χ1v) is 11.2. The highest BCUT2D eigenvalue weighted by Crippen LogP contribution is 2.29. The van der Waals surface area contributed by atoms with Crippen molar-refractivity contribution < 1.29 is 18.1 Å². The van der Waals surface area contributed by atoms with Crippen molar-refractivity contribution in [3.05, 3.63) is 68.6 Å². The zero-order chi connectivity index (χ0) is 21.3. The minimum Gasteiger partial charge on any atom is -0.298 e. The summed E-state index contributed by atoms with van der Waals surface area (Å²) >= 11 is 1.23. The minimum absolute atomic E-state index is 0.0348. The van der Waals surface area contributed by atoms with Gasteiger partial charge in [0, 0.05) is 28.8 Å². The molecule has 0 aliphatic heterocycles. The monoisotopic (exact) mass is 431 g/mol. The molecule has 3 aromatic rings. The summed E-state index contributed by atoms with van der Waals surface area (Å²) < 4.78 is 23.4. The topological polar surface area (TPSA) is 119 Å². The molecule has 0 aliphatic rings. The average molecular weight is 431 g/mol. The summed E-state index contributed by atoms with van der Waals surface area (Å²) in [6.07, 6.45) is 0.874. The van der Waals surface area contributed by atoms with Gasteiger partial charge in [-0.05, 0) is 31.5 Å². The van der Waals surface area contributed by atoms with E-state index in [9.17, 15) is 23.3 Å². The maximum atomic E-state index is 12.5. The molecule has 2 aromatic carbocycles. The molecular weight excluding hydrogens is 414 g/mol. The number of hydrogen-bond donors (Lipinski definition) is 1. The number of benzene rings is 2. The van der Waals surface area contributed by atoms with E-state index in [-0.39, 0.29) is 5.56 Å². The maximum Gasteiger partial charge on any atom is 0.288 e. The lowest BCUT2D eigenvalue weighted by Crippen LogP contribution is -2.13. The fourth-order valence-corrected chi connectivity index (χ4v) is 4.37. The molecule has 1 N–H and O–H groups in total. The number of carbonyl (C=O) groups is 1. The molecule has 0 aliphatic carbocycles. The summed E-state index contributed by atoms with van der Waals surface area (Å²) in [5.74, 6) is -0.616. The van der Waals surface area contributed by atoms with E-state index in [1.54, 1.807) is 0 Å². The Bertz CT molecular complexity index is 1230. The number of anilines is 1. The second-order valence-corrected chi connectivity index (χ2v) is 9.36. The summed E-state index contributed by atoms with van der Waals surface area (Å²) in [6.45, 7) is 3.97. The van der Waals surface area contributed by atoms with Crippen LogP contribution in [0, 0.1) is 24.0 Å². The Kier molecular flexibility index (Phi) is 5.49. The number of hydrogen-bond acceptors (Lipinski definition) is 7. The van der Waals surface area contributed by atoms with Gasteiger partial charge in [0.25, 0.3) is 11.6 Å². The first-order valence-electron chi connectivity index (χ1n) is 8.39. The molecule has 0 spiro atoms. The molecule has 29 heavy (non-hydrogen) atoms. The van der Waals surface area contributed by atoms with E-state index in [1.165, 1.54) is 17.4 Å². The predicted molar refractivity (Wildman–Crippen MR) is 111 cm³/mol. The number of aryl methyl sites for hydroxylation is 2. The molecule has 3 rings (SSSR count). The fraction of sp³-hybridized carbons (Fsp3) is 0.158. The zero-order valence-corrected chi connectivity index (χ0v) is 17.4. The van der Waals surface area contributed by atoms with Crippen LogP contribution in [-0.2, 0) is 9.84 Å². The van der Waals surface area contributed by atoms with Gasteiger partial charge in [-0.3, -0.25) is 20.2 Å². The van der Waals surface area contributed by atoms with Crippen LogP contribution in [0.2, 0.25) is 0 Å². The maximum absolute atomic E-state index is 12.5. The van der Waals surface area contributed by atoms with Gasteiger partial charge in [0.2, 0.25) is 0 Å². The van der Waals surface area contributed by atoms with Crippen molar-refractivity contribution in [1.29, 1.82) is 0 Å². The Morgan fingerprint density at radius 2 is 1.90 bits per heavy atom. The van der Waals surface area contributed by atoms with E-state index >= 15 is 0 Å². The van der Waals surface area contributed by atoms with E-state index < -0.39 is 31.3 Å². The van der Waals surface area contributed by atoms with Crippen LogP contribution in [0.5, 0.6) is 0 Å². The molecule has 0 unspecified atom stereocenters. The van der Waals surface area contributed by atoms with Gasteiger partial charge < -0.3 is 0 Å². The lowest BCUT2D eigenvalue weighted by atomic mass is 10.0. The number of thiazole rings is 1. The number of amides is 1. The van der Waals surface area contributed by atoms with Crippen LogP contribution in [0.1, 0.15) is 21.5 Å². The number of nitro benzene ring substituents is 1. The first kappa shape index (κ1) is 20.6. The van der Waals surface area contributed by atoms with E-state index in [0.29, 0.717) is 10.8 Å². The van der Waals surface area contributed by atoms with Gasteiger partial charge in [0.1, 0.15) is 4.90 Å². The van der Waals surface area contributed by atoms with E-state index in [2.05, 4.69) is 10.3 Å². The Hall–Kier alpha value is -3.11. The molecule has 0 atom stereocenters. The lowest BCUT2D eigenvalue weighted by Gasteiger charge is -2.05. The van der Waals surface area contributed by atoms with Gasteiger partial charge in [0.05, 0.1) is 10.6 Å². The van der Waals surface area contributed by atoms with Crippen LogP contribution in [0.15, 0.2) is 46.7 Å². The molecule has 0 radical (unpaired) electrons. The predicted octanol–water partition coefficient (Wildman–Crippen LogP) is 3.99. The first-order chi connectivity index (χ1) is 13.6. The Morgan fingerprint density at radius 3 is 2.52 bits per heavy atom. The molecule has 1 aromatic heterocycles. The summed E-state index contributed by atoms with van der Waals surface area (Å²) in [7, 11) is -3.80. The van der Waals surface area contributed by atoms with Crippen molar-refractivity contribution >= 4 is 37.9 Å². The van der Waals surface area contributed by atoms with Crippen LogP contribution < -0.4 is 5.32 Å². The van der Waals surface area contributed by atoms with Crippen LogP contribution in [-0.4, -0.2) is 30.5 Å². The van der Waals surface area contributed by atoms with Gasteiger partial charge in [0.15, 0.2) is 15.0 Å². The molecule has 0 bridgehead atoms. The quantitative estimate of drug-likeness (QED) is 0.482. The highest BCUT2D eigenvalue weighted by Gasteiger charge is 2.24. The van der Waals surface area contributed by atoms with E-state index in [0.717, 1.165) is 35.1 Å². The summed E-state index contributed by atoms with van der Waals surface area (Å²) in [5, 5.41) is 16.0. The van der Waals surface area contributed by atoms with Crippen LogP contribution in [0.25, 0.3) is 11.3 Å². The highest BCUT2D eigenvalue weighted by atomic mass is 32.2. The molecule has 8 nitrogen and oxygen atoms in total. The van der Waals surface area contributed by atoms with Gasteiger partial charge >= 0.3 is 0 Å². The standard InChI is InChI=1S/C19H17N3O5S2/c1-11-4-6-14(12(2)8-11)15-10-28-19(20-15)21-18(23)13-5-7-17(29(3,26)27)16(9-13)22(24)25/h4-10H,1-3H3,(H,20,21,23). The molecule has 10 heteroatoms. The van der Waals surface area contributed by atoms with Gasteiger partial charge in [-0.25, -0.2) is 13.4 Å². The number of aromatic nitrogens is 1. The van der Waals surface area contributed by atoms with Gasteiger partial charge in [-0.1, -0.05) is 23.8 Å². The van der Waals surface area contributed by atoms with Crippen molar-refractivity contribution in [3.8, 4) is 11.3 Å². The zero-order valence-electron chi connectivity index (χ0n) is 15.8. The average Bonchev–Trinajstić information content (AvgIpc) is 3.08. The number of sulfone groups is 1. The smallest absolute Gasteiger partial charge is 0.288 e. The van der Waals surface area contributed by atoms with Crippen molar-refractivity contribution in [1.82, 2.24) is 4.98 Å². The second-order valence-electron chi connectivity index (χ2n) is 6.52. The van der Waals surface area contributed by atoms with Crippen molar-refractivity contribution in [2.45, 2.75) is 18.7 Å². The molecule has 0 saturated carbocycles. The molecule has 0 saturated heterocycles. The number of nitro groups is 1. The third-order valence-corrected chi connectivity index (χ3v) is 6.10. The lowest BCUT2D eigenvalue weighted by molar-refractivity contribution is -0.387. The molecule has 150 valence electrons. The SMILES string of the molecule is Cc1ccc(-c2csc(NC(=O)c3ccc(S(C)(=O)=O)c([N+](=O)[O-])c3)n2)c(C)c1. The molecule has 0 fully saturated rings. The summed E-state index contributed by atoms with van der Waals surface area (Å²) in [5.41, 5.74) is 3.17. The van der Waals surface area contributed by atoms with E-state index in [1.807, 2.05) is 37.4 Å². The normalized spacial score (nSPS) is 11.3. The third kappa shape index (κ3) is 4.49. The molecule has 1 heterocycles. The summed E-state index contributed by atoms with van der Waals surface area (Å²) in [6, 6.07) is 9.21. The van der Waals surface area contributed by atoms with Crippen molar-refractivity contribution in [2.75, 3.05) is 11.6 Å². The largest absolute Gasteiger partial charge is 0.298 e. The van der Waals surface area contributed by atoms with Crippen molar-refractivity contribution in [2.24, 2.45) is 0 Å². The number of nitrogens with one attached hydrogen (secondary N) is 1. The van der Waals surface area contributed by atoms with Crippen molar-refractivity contribution in [3.63, 3.8) is 0 Å². The minimum atomic E-state index is -3.80. The van der Waals surface area contributed by atoms with Gasteiger partial charge in [-0.15, -0.1) is 11.3 Å². The van der Waals surface area contributed by atoms with Crippen LogP contribution >= 0.6 is 11.3 Å². The van der Waals surface area contributed by atoms with Gasteiger partial charge in [-0.2, -0.15) is 0 Å². The summed E-state index contributed by atoms with van der Waals surface area (Å²) in [4.78, 5) is 26.9.